The van der Waals surface area contributed by atoms with Crippen LogP contribution < -0.4 is 10.5 Å². The smallest absolute Gasteiger partial charge is 0.243 e. The monoisotopic (exact) mass is 256 g/mol. The molecule has 0 aromatic heterocycles. The second-order valence-corrected chi connectivity index (χ2v) is 5.52. The van der Waals surface area contributed by atoms with Crippen molar-refractivity contribution in [3.05, 3.63) is 30.9 Å². The van der Waals surface area contributed by atoms with Crippen LogP contribution in [-0.2, 0) is 10.0 Å². The van der Waals surface area contributed by atoms with E-state index in [0.717, 1.165) is 0 Å². The first kappa shape index (κ1) is 13.5. The lowest BCUT2D eigenvalue weighted by Gasteiger charge is -2.16. The van der Waals surface area contributed by atoms with Crippen LogP contribution in [0, 0.1) is 0 Å². The number of hydrogen-bond acceptors (Lipinski definition) is 4. The number of likely N-dealkylation sites (N-methyl/N-ethyl adjacent to an activating group) is 1. The van der Waals surface area contributed by atoms with Gasteiger partial charge in [-0.2, -0.15) is 4.31 Å². The number of nitrogens with two attached hydrogens (primary N) is 1. The lowest BCUT2D eigenvalue weighted by molar-refractivity contribution is 0.416. The molecule has 0 spiro atoms. The molecular formula is C11H16N2O3S. The van der Waals surface area contributed by atoms with Crippen LogP contribution >= 0.6 is 0 Å². The molecule has 0 bridgehead atoms. The molecule has 0 aliphatic rings. The van der Waals surface area contributed by atoms with Crippen molar-refractivity contribution in [2.45, 2.75) is 4.90 Å². The van der Waals surface area contributed by atoms with Crippen molar-refractivity contribution in [2.24, 2.45) is 0 Å². The number of methoxy groups -OCH3 is 1. The lowest BCUT2D eigenvalue weighted by Crippen LogP contribution is -2.27. The van der Waals surface area contributed by atoms with Gasteiger partial charge in [0.15, 0.2) is 0 Å². The first-order valence-electron chi connectivity index (χ1n) is 4.94. The van der Waals surface area contributed by atoms with Gasteiger partial charge in [-0.3, -0.25) is 0 Å². The van der Waals surface area contributed by atoms with E-state index in [9.17, 15) is 8.42 Å². The summed E-state index contributed by atoms with van der Waals surface area (Å²) in [4.78, 5) is 0.139. The molecule has 2 N–H and O–H groups in total. The van der Waals surface area contributed by atoms with Crippen LogP contribution in [0.1, 0.15) is 0 Å². The Morgan fingerprint density at radius 3 is 2.65 bits per heavy atom. The number of sulfonamides is 1. The van der Waals surface area contributed by atoms with Crippen molar-refractivity contribution in [3.63, 3.8) is 0 Å². The summed E-state index contributed by atoms with van der Waals surface area (Å²) in [7, 11) is -0.563. The van der Waals surface area contributed by atoms with E-state index in [1.807, 2.05) is 0 Å². The molecule has 0 amide bonds. The van der Waals surface area contributed by atoms with Crippen LogP contribution in [0.15, 0.2) is 35.7 Å². The number of benzene rings is 1. The summed E-state index contributed by atoms with van der Waals surface area (Å²) in [5, 5.41) is 0. The second kappa shape index (κ2) is 5.20. The van der Waals surface area contributed by atoms with E-state index in [0.29, 0.717) is 11.4 Å². The number of hydrogen-bond donors (Lipinski definition) is 1. The highest BCUT2D eigenvalue weighted by molar-refractivity contribution is 7.89. The zero-order valence-corrected chi connectivity index (χ0v) is 10.7. The Labute approximate surface area is 102 Å². The van der Waals surface area contributed by atoms with Gasteiger partial charge in [0, 0.05) is 13.6 Å². The maximum atomic E-state index is 12.1. The molecule has 17 heavy (non-hydrogen) atoms. The molecule has 1 aromatic rings. The van der Waals surface area contributed by atoms with Crippen molar-refractivity contribution in [1.82, 2.24) is 4.31 Å². The van der Waals surface area contributed by atoms with Gasteiger partial charge in [0.25, 0.3) is 0 Å². The summed E-state index contributed by atoms with van der Waals surface area (Å²) in [5.41, 5.74) is 5.97. The second-order valence-electron chi connectivity index (χ2n) is 3.48. The first-order chi connectivity index (χ1) is 7.93. The molecule has 94 valence electrons. The van der Waals surface area contributed by atoms with E-state index in [2.05, 4.69) is 6.58 Å². The molecule has 0 unspecified atom stereocenters. The number of nitrogens with zero attached hydrogens (tertiary/aromatic N) is 1. The normalized spacial score (nSPS) is 11.5. The molecule has 6 heteroatoms. The van der Waals surface area contributed by atoms with E-state index < -0.39 is 10.0 Å². The maximum absolute atomic E-state index is 12.1. The largest absolute Gasteiger partial charge is 0.495 e. The zero-order chi connectivity index (χ0) is 13.1. The van der Waals surface area contributed by atoms with E-state index in [4.69, 9.17) is 10.5 Å². The fourth-order valence-electron chi connectivity index (χ4n) is 1.33. The molecule has 1 aromatic carbocycles. The third-order valence-electron chi connectivity index (χ3n) is 2.30. The van der Waals surface area contributed by atoms with Crippen molar-refractivity contribution in [3.8, 4) is 5.75 Å². The predicted molar refractivity (Wildman–Crippen MR) is 67.4 cm³/mol. The summed E-state index contributed by atoms with van der Waals surface area (Å²) < 4.78 is 30.3. The molecule has 0 atom stereocenters. The van der Waals surface area contributed by atoms with Crippen molar-refractivity contribution in [2.75, 3.05) is 26.4 Å². The highest BCUT2D eigenvalue weighted by Gasteiger charge is 2.20. The van der Waals surface area contributed by atoms with Crippen molar-refractivity contribution < 1.29 is 13.2 Å². The molecule has 0 heterocycles. The Morgan fingerprint density at radius 1 is 1.53 bits per heavy atom. The molecule has 0 saturated heterocycles. The molecule has 1 rings (SSSR count). The van der Waals surface area contributed by atoms with Gasteiger partial charge >= 0.3 is 0 Å². The van der Waals surface area contributed by atoms with Crippen LogP contribution in [0.2, 0.25) is 0 Å². The third kappa shape index (κ3) is 2.78. The summed E-state index contributed by atoms with van der Waals surface area (Å²) >= 11 is 0. The SMILES string of the molecule is C=CCN(C)S(=O)(=O)c1ccc(OC)c(N)c1. The topological polar surface area (TPSA) is 72.6 Å². The van der Waals surface area contributed by atoms with Gasteiger partial charge < -0.3 is 10.5 Å². The summed E-state index contributed by atoms with van der Waals surface area (Å²) in [6.45, 7) is 3.75. The van der Waals surface area contributed by atoms with Gasteiger partial charge in [-0.1, -0.05) is 6.08 Å². The first-order valence-corrected chi connectivity index (χ1v) is 6.38. The van der Waals surface area contributed by atoms with E-state index >= 15 is 0 Å². The quantitative estimate of drug-likeness (QED) is 0.632. The van der Waals surface area contributed by atoms with E-state index in [1.54, 1.807) is 0 Å². The lowest BCUT2D eigenvalue weighted by atomic mass is 10.3. The van der Waals surface area contributed by atoms with Gasteiger partial charge in [0.1, 0.15) is 5.75 Å². The van der Waals surface area contributed by atoms with Crippen LogP contribution in [-0.4, -0.2) is 33.4 Å². The predicted octanol–water partition coefficient (Wildman–Crippen LogP) is 1.08. The number of nitrogen functional groups attached to an aromatic ring is 1. The Balaban J connectivity index is 3.16. The number of rotatable bonds is 5. The van der Waals surface area contributed by atoms with Crippen LogP contribution in [0.3, 0.4) is 0 Å². The minimum absolute atomic E-state index is 0.139. The molecule has 0 radical (unpaired) electrons. The van der Waals surface area contributed by atoms with E-state index in [-0.39, 0.29) is 11.4 Å². The van der Waals surface area contributed by atoms with Crippen molar-refractivity contribution >= 4 is 15.7 Å². The number of ether oxygens (including phenoxy) is 1. The van der Waals surface area contributed by atoms with Gasteiger partial charge in [0.05, 0.1) is 17.7 Å². The molecular weight excluding hydrogens is 240 g/mol. The average molecular weight is 256 g/mol. The van der Waals surface area contributed by atoms with Gasteiger partial charge in [-0.15, -0.1) is 6.58 Å². The Hall–Kier alpha value is -1.53. The Kier molecular flexibility index (Phi) is 4.14. The molecule has 0 aliphatic carbocycles. The standard InChI is InChI=1S/C11H16N2O3S/c1-4-7-13(2)17(14,15)9-5-6-11(16-3)10(12)8-9/h4-6,8H,1,7,12H2,2-3H3. The summed E-state index contributed by atoms with van der Waals surface area (Å²) in [5.74, 6) is 0.454. The minimum atomic E-state index is -3.52. The molecule has 0 saturated carbocycles. The maximum Gasteiger partial charge on any atom is 0.243 e. The minimum Gasteiger partial charge on any atom is -0.495 e. The van der Waals surface area contributed by atoms with Gasteiger partial charge in [0.2, 0.25) is 10.0 Å². The zero-order valence-electron chi connectivity index (χ0n) is 9.88. The average Bonchev–Trinajstić information content (AvgIpc) is 2.29. The Bertz CT molecular complexity index is 511. The fraction of sp³-hybridized carbons (Fsp3) is 0.273. The van der Waals surface area contributed by atoms with Crippen molar-refractivity contribution in [1.29, 1.82) is 0 Å². The highest BCUT2D eigenvalue weighted by atomic mass is 32.2. The highest BCUT2D eigenvalue weighted by Crippen LogP contribution is 2.25. The Morgan fingerprint density at radius 2 is 2.18 bits per heavy atom. The summed E-state index contributed by atoms with van der Waals surface area (Å²) in [6.07, 6.45) is 1.52. The molecule has 0 fully saturated rings. The van der Waals surface area contributed by atoms with Gasteiger partial charge in [-0.25, -0.2) is 8.42 Å². The molecule has 0 aliphatic heterocycles. The van der Waals surface area contributed by atoms with Crippen LogP contribution in [0.5, 0.6) is 5.75 Å². The van der Waals surface area contributed by atoms with E-state index in [1.165, 1.54) is 42.7 Å². The third-order valence-corrected chi connectivity index (χ3v) is 4.11. The van der Waals surface area contributed by atoms with Crippen LogP contribution in [0.4, 0.5) is 5.69 Å². The fourth-order valence-corrected chi connectivity index (χ4v) is 2.51. The number of anilines is 1. The van der Waals surface area contributed by atoms with Crippen LogP contribution in [0.25, 0.3) is 0 Å². The molecule has 5 nitrogen and oxygen atoms in total. The van der Waals surface area contributed by atoms with Gasteiger partial charge in [-0.05, 0) is 18.2 Å². The summed E-state index contributed by atoms with van der Waals surface area (Å²) in [6, 6.07) is 4.38.